The van der Waals surface area contributed by atoms with E-state index in [4.69, 9.17) is 9.84 Å². The van der Waals surface area contributed by atoms with Crippen LogP contribution in [0.1, 0.15) is 21.5 Å². The minimum atomic E-state index is -0.918. The molecule has 0 saturated carbocycles. The quantitative estimate of drug-likeness (QED) is 0.878. The second-order valence-electron chi connectivity index (χ2n) is 4.47. The molecular weight excluding hydrogens is 256 g/mol. The monoisotopic (exact) mass is 272 g/mol. The Balaban J connectivity index is 2.13. The Kier molecular flexibility index (Phi) is 4.25. The van der Waals surface area contributed by atoms with Crippen molar-refractivity contribution in [3.63, 3.8) is 0 Å². The largest absolute Gasteiger partial charge is 0.504 e. The predicted molar refractivity (Wildman–Crippen MR) is 75.5 cm³/mol. The van der Waals surface area contributed by atoms with Gasteiger partial charge < -0.3 is 14.9 Å². The molecular formula is C16H16O4. The van der Waals surface area contributed by atoms with E-state index < -0.39 is 5.97 Å². The van der Waals surface area contributed by atoms with Crippen molar-refractivity contribution in [3.05, 3.63) is 59.2 Å². The number of hydrogen-bond acceptors (Lipinski definition) is 3. The standard InChI is InChI=1S/C16H16O4/c1-20-15-9-7-11(10-14(15)17)6-8-12-4-2-3-5-13(12)16(18)19/h2-5,7,9-10,17H,6,8H2,1H3,(H,18,19). The number of rotatable bonds is 5. The van der Waals surface area contributed by atoms with Gasteiger partial charge in [-0.25, -0.2) is 4.79 Å². The normalized spacial score (nSPS) is 10.2. The van der Waals surface area contributed by atoms with Gasteiger partial charge in [-0.2, -0.15) is 0 Å². The van der Waals surface area contributed by atoms with E-state index in [0.717, 1.165) is 11.1 Å². The molecule has 0 atom stereocenters. The molecule has 2 aromatic carbocycles. The van der Waals surface area contributed by atoms with Crippen LogP contribution in [0.5, 0.6) is 11.5 Å². The van der Waals surface area contributed by atoms with Crippen LogP contribution in [0.4, 0.5) is 0 Å². The summed E-state index contributed by atoms with van der Waals surface area (Å²) in [6.07, 6.45) is 1.26. The van der Waals surface area contributed by atoms with E-state index in [1.807, 2.05) is 18.2 Å². The third-order valence-corrected chi connectivity index (χ3v) is 3.17. The first-order valence-corrected chi connectivity index (χ1v) is 6.29. The maximum atomic E-state index is 11.1. The predicted octanol–water partition coefficient (Wildman–Crippen LogP) is 2.88. The molecule has 20 heavy (non-hydrogen) atoms. The van der Waals surface area contributed by atoms with Gasteiger partial charge in [0.25, 0.3) is 0 Å². The molecule has 2 rings (SSSR count). The zero-order chi connectivity index (χ0) is 14.5. The van der Waals surface area contributed by atoms with Gasteiger partial charge in [-0.1, -0.05) is 24.3 Å². The SMILES string of the molecule is COc1ccc(CCc2ccccc2C(=O)O)cc1O. The summed E-state index contributed by atoms with van der Waals surface area (Å²) in [6, 6.07) is 12.2. The van der Waals surface area contributed by atoms with E-state index in [2.05, 4.69) is 0 Å². The Morgan fingerprint density at radius 2 is 1.90 bits per heavy atom. The van der Waals surface area contributed by atoms with Crippen LogP contribution >= 0.6 is 0 Å². The summed E-state index contributed by atoms with van der Waals surface area (Å²) in [6.45, 7) is 0. The minimum Gasteiger partial charge on any atom is -0.504 e. The van der Waals surface area contributed by atoms with E-state index in [9.17, 15) is 9.90 Å². The van der Waals surface area contributed by atoms with E-state index in [1.54, 1.807) is 24.3 Å². The maximum absolute atomic E-state index is 11.1. The van der Waals surface area contributed by atoms with Gasteiger partial charge in [-0.15, -0.1) is 0 Å². The second kappa shape index (κ2) is 6.10. The molecule has 4 nitrogen and oxygen atoms in total. The Bertz CT molecular complexity index is 620. The number of carboxylic acids is 1. The molecule has 0 radical (unpaired) electrons. The molecule has 2 aromatic rings. The number of benzene rings is 2. The molecule has 4 heteroatoms. The van der Waals surface area contributed by atoms with Crippen LogP contribution in [0.3, 0.4) is 0 Å². The van der Waals surface area contributed by atoms with Gasteiger partial charge in [0.05, 0.1) is 12.7 Å². The molecule has 0 spiro atoms. The van der Waals surface area contributed by atoms with Crippen molar-refractivity contribution in [2.45, 2.75) is 12.8 Å². The third kappa shape index (κ3) is 3.09. The van der Waals surface area contributed by atoms with E-state index >= 15 is 0 Å². The fraction of sp³-hybridized carbons (Fsp3) is 0.188. The highest BCUT2D eigenvalue weighted by Crippen LogP contribution is 2.26. The van der Waals surface area contributed by atoms with Crippen molar-refractivity contribution >= 4 is 5.97 Å². The Morgan fingerprint density at radius 1 is 1.15 bits per heavy atom. The van der Waals surface area contributed by atoms with Crippen LogP contribution in [0.25, 0.3) is 0 Å². The number of aromatic hydroxyl groups is 1. The lowest BCUT2D eigenvalue weighted by Gasteiger charge is -2.08. The van der Waals surface area contributed by atoms with Crippen LogP contribution in [0.15, 0.2) is 42.5 Å². The van der Waals surface area contributed by atoms with Gasteiger partial charge in [0.15, 0.2) is 11.5 Å². The van der Waals surface area contributed by atoms with Gasteiger partial charge in [0, 0.05) is 0 Å². The summed E-state index contributed by atoms with van der Waals surface area (Å²) in [5.41, 5.74) is 2.05. The first-order valence-electron chi connectivity index (χ1n) is 6.29. The number of aromatic carboxylic acids is 1. The first-order chi connectivity index (χ1) is 9.61. The van der Waals surface area contributed by atoms with Crippen LogP contribution in [-0.2, 0) is 12.8 Å². The average Bonchev–Trinajstić information content (AvgIpc) is 2.45. The minimum absolute atomic E-state index is 0.0940. The Labute approximate surface area is 117 Å². The number of phenols is 1. The lowest BCUT2D eigenvalue weighted by molar-refractivity contribution is 0.0695. The van der Waals surface area contributed by atoms with Gasteiger partial charge in [0.2, 0.25) is 0 Å². The van der Waals surface area contributed by atoms with Crippen molar-refractivity contribution in [1.29, 1.82) is 0 Å². The first kappa shape index (κ1) is 13.9. The van der Waals surface area contributed by atoms with Gasteiger partial charge in [-0.05, 0) is 42.2 Å². The molecule has 0 aliphatic rings. The summed E-state index contributed by atoms with van der Waals surface area (Å²) in [5.74, 6) is -0.394. The number of aryl methyl sites for hydroxylation is 2. The molecule has 0 unspecified atom stereocenters. The fourth-order valence-electron chi connectivity index (χ4n) is 2.12. The lowest BCUT2D eigenvalue weighted by Crippen LogP contribution is -2.03. The van der Waals surface area contributed by atoms with Crippen LogP contribution in [0, 0.1) is 0 Å². The number of methoxy groups -OCH3 is 1. The molecule has 0 heterocycles. The number of carbonyl (C=O) groups is 1. The molecule has 0 bridgehead atoms. The smallest absolute Gasteiger partial charge is 0.335 e. The van der Waals surface area contributed by atoms with Crippen LogP contribution in [0.2, 0.25) is 0 Å². The Hall–Kier alpha value is -2.49. The molecule has 2 N–H and O–H groups in total. The molecule has 0 fully saturated rings. The molecule has 0 amide bonds. The van der Waals surface area contributed by atoms with Crippen molar-refractivity contribution in [1.82, 2.24) is 0 Å². The van der Waals surface area contributed by atoms with Crippen molar-refractivity contribution in [2.75, 3.05) is 7.11 Å². The van der Waals surface area contributed by atoms with Crippen LogP contribution < -0.4 is 4.74 Å². The second-order valence-corrected chi connectivity index (χ2v) is 4.47. The lowest BCUT2D eigenvalue weighted by atomic mass is 9.99. The highest BCUT2D eigenvalue weighted by molar-refractivity contribution is 5.89. The average molecular weight is 272 g/mol. The van der Waals surface area contributed by atoms with Crippen molar-refractivity contribution in [3.8, 4) is 11.5 Å². The summed E-state index contributed by atoms with van der Waals surface area (Å²) < 4.78 is 4.99. The van der Waals surface area contributed by atoms with Gasteiger partial charge in [-0.3, -0.25) is 0 Å². The highest BCUT2D eigenvalue weighted by atomic mass is 16.5. The molecule has 0 aliphatic carbocycles. The molecule has 0 aliphatic heterocycles. The zero-order valence-corrected chi connectivity index (χ0v) is 11.2. The highest BCUT2D eigenvalue weighted by Gasteiger charge is 2.09. The zero-order valence-electron chi connectivity index (χ0n) is 11.2. The molecule has 104 valence electrons. The molecule has 0 saturated heterocycles. The van der Waals surface area contributed by atoms with E-state index in [1.165, 1.54) is 7.11 Å². The number of carboxylic acid groups (broad SMARTS) is 1. The summed E-state index contributed by atoms with van der Waals surface area (Å²) in [4.78, 5) is 11.1. The molecule has 0 aromatic heterocycles. The van der Waals surface area contributed by atoms with Gasteiger partial charge >= 0.3 is 5.97 Å². The summed E-state index contributed by atoms with van der Waals surface area (Å²) >= 11 is 0. The topological polar surface area (TPSA) is 66.8 Å². The Morgan fingerprint density at radius 3 is 2.55 bits per heavy atom. The van der Waals surface area contributed by atoms with Crippen LogP contribution in [-0.4, -0.2) is 23.3 Å². The van der Waals surface area contributed by atoms with Crippen molar-refractivity contribution in [2.24, 2.45) is 0 Å². The van der Waals surface area contributed by atoms with E-state index in [0.29, 0.717) is 24.2 Å². The number of phenolic OH excluding ortho intramolecular Hbond substituents is 1. The van der Waals surface area contributed by atoms with Crippen molar-refractivity contribution < 1.29 is 19.7 Å². The van der Waals surface area contributed by atoms with Gasteiger partial charge in [0.1, 0.15) is 0 Å². The van der Waals surface area contributed by atoms with E-state index in [-0.39, 0.29) is 5.75 Å². The maximum Gasteiger partial charge on any atom is 0.335 e. The third-order valence-electron chi connectivity index (χ3n) is 3.17. The number of ether oxygens (including phenoxy) is 1. The fourth-order valence-corrected chi connectivity index (χ4v) is 2.12. The summed E-state index contributed by atoms with van der Waals surface area (Å²) in [5, 5.41) is 18.8. The number of hydrogen-bond donors (Lipinski definition) is 2. The summed E-state index contributed by atoms with van der Waals surface area (Å²) in [7, 11) is 1.50.